The maximum absolute atomic E-state index is 14.7. The fraction of sp³-hybridized carbons (Fsp3) is 0.375. The van der Waals surface area contributed by atoms with E-state index < -0.39 is 5.82 Å². The van der Waals surface area contributed by atoms with Gasteiger partial charge in [-0.1, -0.05) is 18.2 Å². The van der Waals surface area contributed by atoms with Crippen LogP contribution in [0.3, 0.4) is 0 Å². The molecular formula is C32H33ClFN7O4. The standard InChI is InChI=1S/C32H33ClFN7O4/c1-3-27(42)41-8-7-40(18-21(41)4-6-35)31-28-26(37-32(38-31)45-19(2)17-39-9-12-43-13-10-39)16-23(22-5-11-44-30(22)28)24-14-20(36)15-25(34)29(24)33/h3,5,11,14-16,19,21H,1,4,7-10,12-13,17-18,36H2,2H3/t19-,21+/m1/s1. The fourth-order valence-electron chi connectivity index (χ4n) is 6.11. The molecule has 4 aromatic rings. The summed E-state index contributed by atoms with van der Waals surface area (Å²) in [5.41, 5.74) is 8.19. The largest absolute Gasteiger partial charge is 0.463 e. The number of benzene rings is 2. The Morgan fingerprint density at radius 1 is 1.27 bits per heavy atom. The highest BCUT2D eigenvalue weighted by Gasteiger charge is 2.32. The van der Waals surface area contributed by atoms with Crippen LogP contribution in [0.4, 0.5) is 15.9 Å². The van der Waals surface area contributed by atoms with Crippen molar-refractivity contribution in [2.75, 3.05) is 63.1 Å². The first-order valence-electron chi connectivity index (χ1n) is 14.8. The molecule has 2 fully saturated rings. The highest BCUT2D eigenvalue weighted by molar-refractivity contribution is 6.34. The van der Waals surface area contributed by atoms with Gasteiger partial charge in [0, 0.05) is 55.9 Å². The average Bonchev–Trinajstić information content (AvgIpc) is 3.52. The normalized spacial score (nSPS) is 18.2. The molecule has 2 aliphatic heterocycles. The zero-order valence-corrected chi connectivity index (χ0v) is 25.6. The number of hydrogen-bond acceptors (Lipinski definition) is 10. The molecule has 2 N–H and O–H groups in total. The SMILES string of the molecule is C=CC(=O)N1CCN(c2nc(O[C@H](C)CN3CCOCC3)nc3cc(-c4cc(N)cc(F)c4Cl)c4ccoc4c23)C[C@@H]1CC#N. The van der Waals surface area contributed by atoms with Crippen LogP contribution in [0.15, 0.2) is 47.6 Å². The highest BCUT2D eigenvalue weighted by Crippen LogP contribution is 2.42. The van der Waals surface area contributed by atoms with Gasteiger partial charge in [0.25, 0.3) is 0 Å². The van der Waals surface area contributed by atoms with Gasteiger partial charge >= 0.3 is 6.01 Å². The van der Waals surface area contributed by atoms with Gasteiger partial charge in [-0.3, -0.25) is 9.69 Å². The van der Waals surface area contributed by atoms with Gasteiger partial charge in [0.1, 0.15) is 23.3 Å². The third-order valence-electron chi connectivity index (χ3n) is 8.19. The van der Waals surface area contributed by atoms with E-state index in [4.69, 9.17) is 41.2 Å². The van der Waals surface area contributed by atoms with Gasteiger partial charge in [-0.05, 0) is 42.8 Å². The number of ether oxygens (including phenoxy) is 2. The lowest BCUT2D eigenvalue weighted by atomic mass is 9.98. The number of carbonyl (C=O) groups is 1. The zero-order chi connectivity index (χ0) is 31.7. The molecule has 0 aliphatic carbocycles. The molecule has 0 saturated carbocycles. The van der Waals surface area contributed by atoms with Crippen LogP contribution in [-0.2, 0) is 9.53 Å². The Morgan fingerprint density at radius 2 is 2.07 bits per heavy atom. The van der Waals surface area contributed by atoms with Crippen LogP contribution in [0.5, 0.6) is 6.01 Å². The Bertz CT molecular complexity index is 1800. The summed E-state index contributed by atoms with van der Waals surface area (Å²) < 4.78 is 32.5. The molecule has 2 saturated heterocycles. The van der Waals surface area contributed by atoms with Gasteiger partial charge in [0.05, 0.1) is 53.9 Å². The van der Waals surface area contributed by atoms with Crippen molar-refractivity contribution in [3.8, 4) is 23.2 Å². The average molecular weight is 634 g/mol. The molecule has 0 radical (unpaired) electrons. The van der Waals surface area contributed by atoms with E-state index in [0.717, 1.165) is 13.1 Å². The third-order valence-corrected chi connectivity index (χ3v) is 8.58. The molecule has 1 amide bonds. The molecule has 2 aromatic carbocycles. The van der Waals surface area contributed by atoms with Gasteiger partial charge in [-0.15, -0.1) is 0 Å². The lowest BCUT2D eigenvalue weighted by molar-refractivity contribution is -0.128. The van der Waals surface area contributed by atoms with Gasteiger partial charge in [0.15, 0.2) is 0 Å². The number of halogens is 2. The lowest BCUT2D eigenvalue weighted by Crippen LogP contribution is -2.55. The summed E-state index contributed by atoms with van der Waals surface area (Å²) in [5.74, 6) is -0.325. The Kier molecular flexibility index (Phi) is 8.76. The molecule has 45 heavy (non-hydrogen) atoms. The van der Waals surface area contributed by atoms with Crippen molar-refractivity contribution in [2.24, 2.45) is 0 Å². The smallest absolute Gasteiger partial charge is 0.319 e. The molecule has 0 unspecified atom stereocenters. The highest BCUT2D eigenvalue weighted by atomic mass is 35.5. The van der Waals surface area contributed by atoms with Gasteiger partial charge < -0.3 is 29.4 Å². The van der Waals surface area contributed by atoms with Crippen molar-refractivity contribution in [1.29, 1.82) is 5.26 Å². The Hall–Kier alpha value is -4.44. The summed E-state index contributed by atoms with van der Waals surface area (Å²) in [4.78, 5) is 28.2. The zero-order valence-electron chi connectivity index (χ0n) is 24.8. The molecule has 4 heterocycles. The van der Waals surface area contributed by atoms with E-state index in [9.17, 15) is 14.4 Å². The maximum Gasteiger partial charge on any atom is 0.319 e. The molecule has 0 bridgehead atoms. The fourth-order valence-corrected chi connectivity index (χ4v) is 6.32. The van der Waals surface area contributed by atoms with E-state index in [2.05, 4.69) is 17.5 Å². The third kappa shape index (κ3) is 6.11. The number of nitrogen functional groups attached to an aromatic ring is 1. The predicted octanol–water partition coefficient (Wildman–Crippen LogP) is 4.63. The second-order valence-electron chi connectivity index (χ2n) is 11.2. The van der Waals surface area contributed by atoms with Crippen LogP contribution in [0, 0.1) is 17.1 Å². The number of morpholine rings is 1. The van der Waals surface area contributed by atoms with E-state index >= 15 is 0 Å². The van der Waals surface area contributed by atoms with Gasteiger partial charge in [-0.2, -0.15) is 15.2 Å². The Morgan fingerprint density at radius 3 is 2.82 bits per heavy atom. The Balaban J connectivity index is 1.48. The number of rotatable bonds is 8. The number of furan rings is 1. The van der Waals surface area contributed by atoms with E-state index in [0.29, 0.717) is 78.2 Å². The number of piperazine rings is 1. The summed E-state index contributed by atoms with van der Waals surface area (Å²) in [6.45, 7) is 10.3. The minimum Gasteiger partial charge on any atom is -0.463 e. The number of fused-ring (bicyclic) bond motifs is 3. The molecule has 11 nitrogen and oxygen atoms in total. The molecule has 2 atom stereocenters. The number of hydrogen-bond donors (Lipinski definition) is 1. The van der Waals surface area contributed by atoms with E-state index in [-0.39, 0.29) is 41.2 Å². The first-order chi connectivity index (χ1) is 21.8. The summed E-state index contributed by atoms with van der Waals surface area (Å²) in [6.07, 6.45) is 2.70. The van der Waals surface area contributed by atoms with E-state index in [1.165, 1.54) is 12.1 Å². The minimum atomic E-state index is -0.636. The number of nitrogens with zero attached hydrogens (tertiary/aromatic N) is 6. The number of nitrogens with two attached hydrogens (primary N) is 1. The number of nitriles is 1. The quantitative estimate of drug-likeness (QED) is 0.216. The second-order valence-corrected chi connectivity index (χ2v) is 11.6. The van der Waals surface area contributed by atoms with E-state index in [1.807, 2.05) is 17.9 Å². The van der Waals surface area contributed by atoms with E-state index in [1.54, 1.807) is 23.3 Å². The van der Waals surface area contributed by atoms with Crippen molar-refractivity contribution < 1.29 is 23.1 Å². The second kappa shape index (κ2) is 12.9. The summed E-state index contributed by atoms with van der Waals surface area (Å²) >= 11 is 6.46. The number of anilines is 2. The summed E-state index contributed by atoms with van der Waals surface area (Å²) in [7, 11) is 0. The first kappa shape index (κ1) is 30.6. The van der Waals surface area contributed by atoms with Crippen LogP contribution in [-0.4, -0.2) is 90.3 Å². The molecule has 0 spiro atoms. The minimum absolute atomic E-state index is 0.0710. The van der Waals surface area contributed by atoms with Crippen LogP contribution in [0.2, 0.25) is 5.02 Å². The van der Waals surface area contributed by atoms with Gasteiger partial charge in [0.2, 0.25) is 5.91 Å². The van der Waals surface area contributed by atoms with Crippen LogP contribution in [0.1, 0.15) is 13.3 Å². The van der Waals surface area contributed by atoms with Crippen molar-refractivity contribution in [1.82, 2.24) is 19.8 Å². The van der Waals surface area contributed by atoms with Gasteiger partial charge in [-0.25, -0.2) is 4.39 Å². The summed E-state index contributed by atoms with van der Waals surface area (Å²) in [5, 5.41) is 10.8. The van der Waals surface area contributed by atoms with Crippen molar-refractivity contribution in [3.05, 3.63) is 54.0 Å². The molecule has 6 rings (SSSR count). The van der Waals surface area contributed by atoms with Crippen LogP contribution in [0.25, 0.3) is 33.0 Å². The number of amides is 1. The molecular weight excluding hydrogens is 601 g/mol. The number of aromatic nitrogens is 2. The maximum atomic E-state index is 14.7. The number of carbonyl (C=O) groups excluding carboxylic acids is 1. The molecule has 234 valence electrons. The van der Waals surface area contributed by atoms with Crippen molar-refractivity contribution in [3.63, 3.8) is 0 Å². The molecule has 2 aromatic heterocycles. The first-order valence-corrected chi connectivity index (χ1v) is 15.1. The molecule has 13 heteroatoms. The van der Waals surface area contributed by atoms with Crippen molar-refractivity contribution in [2.45, 2.75) is 25.5 Å². The Labute approximate surface area is 264 Å². The topological polar surface area (TPSA) is 134 Å². The van der Waals surface area contributed by atoms with Crippen LogP contribution < -0.4 is 15.4 Å². The predicted molar refractivity (Wildman–Crippen MR) is 170 cm³/mol. The summed E-state index contributed by atoms with van der Waals surface area (Å²) in [6, 6.07) is 8.35. The molecule has 2 aliphatic rings. The van der Waals surface area contributed by atoms with Crippen LogP contribution >= 0.6 is 11.6 Å². The monoisotopic (exact) mass is 633 g/mol. The van der Waals surface area contributed by atoms with Crippen molar-refractivity contribution >= 4 is 50.9 Å². The lowest BCUT2D eigenvalue weighted by Gasteiger charge is -2.41.